The lowest BCUT2D eigenvalue weighted by molar-refractivity contribution is 0.0716. The summed E-state index contributed by atoms with van der Waals surface area (Å²) < 4.78 is 0. The summed E-state index contributed by atoms with van der Waals surface area (Å²) >= 11 is 7.65. The van der Waals surface area contributed by atoms with Crippen LogP contribution >= 0.6 is 22.9 Å². The number of hydrogen-bond donors (Lipinski definition) is 1. The molecule has 1 N–H and O–H groups in total. The van der Waals surface area contributed by atoms with Gasteiger partial charge >= 0.3 is 0 Å². The van der Waals surface area contributed by atoms with Crippen molar-refractivity contribution in [2.24, 2.45) is 0 Å². The molecule has 0 spiro atoms. The van der Waals surface area contributed by atoms with E-state index in [1.165, 1.54) is 11.3 Å². The second-order valence-electron chi connectivity index (χ2n) is 6.68. The first-order valence-corrected chi connectivity index (χ1v) is 10.2. The van der Waals surface area contributed by atoms with Crippen molar-refractivity contribution >= 4 is 28.8 Å². The Labute approximate surface area is 170 Å². The fourth-order valence-electron chi connectivity index (χ4n) is 3.40. The summed E-state index contributed by atoms with van der Waals surface area (Å²) in [5, 5.41) is 0.126. The number of aryl methyl sites for hydroxylation is 1. The average molecular weight is 416 g/mol. The van der Waals surface area contributed by atoms with Crippen molar-refractivity contribution in [1.29, 1.82) is 0 Å². The van der Waals surface area contributed by atoms with Gasteiger partial charge in [-0.3, -0.25) is 14.6 Å². The lowest BCUT2D eigenvalue weighted by atomic mass is 9.93. The molecule has 0 unspecified atom stereocenters. The molecule has 4 heterocycles. The third-order valence-electron chi connectivity index (χ3n) is 4.95. The zero-order valence-corrected chi connectivity index (χ0v) is 16.8. The maximum atomic E-state index is 12.7. The molecule has 0 atom stereocenters. The number of piperidine rings is 1. The highest BCUT2D eigenvalue weighted by Crippen LogP contribution is 2.32. The molecule has 144 valence electrons. The number of rotatable bonds is 3. The highest BCUT2D eigenvalue weighted by molar-refractivity contribution is 7.11. The molecule has 0 aliphatic carbocycles. The number of likely N-dealkylation sites (tertiary alicyclic amines) is 1. The van der Waals surface area contributed by atoms with Gasteiger partial charge in [0, 0.05) is 37.0 Å². The van der Waals surface area contributed by atoms with E-state index >= 15 is 0 Å². The van der Waals surface area contributed by atoms with Crippen molar-refractivity contribution in [2.75, 3.05) is 13.1 Å². The molecule has 3 aromatic heterocycles. The van der Waals surface area contributed by atoms with E-state index in [0.29, 0.717) is 42.3 Å². The van der Waals surface area contributed by atoms with Gasteiger partial charge in [-0.2, -0.15) is 0 Å². The summed E-state index contributed by atoms with van der Waals surface area (Å²) in [5.41, 5.74) is 3.47. The third-order valence-corrected chi connectivity index (χ3v) is 6.23. The number of aromatic amines is 1. The van der Waals surface area contributed by atoms with Crippen LogP contribution in [0, 0.1) is 6.92 Å². The predicted octanol–water partition coefficient (Wildman–Crippen LogP) is 3.27. The van der Waals surface area contributed by atoms with Crippen LogP contribution in [0.4, 0.5) is 0 Å². The van der Waals surface area contributed by atoms with Crippen LogP contribution in [0.15, 0.2) is 34.8 Å². The molecule has 1 fully saturated rings. The number of nitrogens with zero attached hydrogens (tertiary/aromatic N) is 4. The lowest BCUT2D eigenvalue weighted by Crippen LogP contribution is -2.38. The smallest absolute Gasteiger partial charge is 0.270 e. The van der Waals surface area contributed by atoms with Gasteiger partial charge in [-0.15, -0.1) is 11.3 Å². The lowest BCUT2D eigenvalue weighted by Gasteiger charge is -2.31. The van der Waals surface area contributed by atoms with Gasteiger partial charge in [0.05, 0.1) is 16.9 Å². The van der Waals surface area contributed by atoms with Gasteiger partial charge in [-0.1, -0.05) is 11.6 Å². The molecule has 3 aromatic rings. The van der Waals surface area contributed by atoms with E-state index < -0.39 is 0 Å². The Morgan fingerprint density at radius 3 is 2.64 bits per heavy atom. The first kappa shape index (κ1) is 18.8. The van der Waals surface area contributed by atoms with Gasteiger partial charge in [0.25, 0.3) is 11.5 Å². The zero-order valence-electron chi connectivity index (χ0n) is 15.2. The van der Waals surface area contributed by atoms with E-state index in [4.69, 9.17) is 11.6 Å². The molecule has 28 heavy (non-hydrogen) atoms. The van der Waals surface area contributed by atoms with E-state index in [9.17, 15) is 9.59 Å². The van der Waals surface area contributed by atoms with Gasteiger partial charge < -0.3 is 9.88 Å². The van der Waals surface area contributed by atoms with Gasteiger partial charge in [-0.25, -0.2) is 9.97 Å². The fourth-order valence-corrected chi connectivity index (χ4v) is 4.41. The summed E-state index contributed by atoms with van der Waals surface area (Å²) in [5.74, 6) is 0.522. The topological polar surface area (TPSA) is 91.8 Å². The molecule has 0 radical (unpaired) electrons. The molecular weight excluding hydrogens is 398 g/mol. The Kier molecular flexibility index (Phi) is 5.23. The maximum absolute atomic E-state index is 12.7. The second-order valence-corrected chi connectivity index (χ2v) is 7.92. The standard InChI is InChI=1S/C19H18ClN5O2S/c1-11-16(28-10-22-11)19(27)25-8-4-12(5-9-25)15-14(20)18(26)24-17(23-15)13-2-6-21-7-3-13/h2-3,6-7,10,12H,4-5,8-9H2,1H3,(H,23,24,26). The minimum atomic E-state index is -0.350. The van der Waals surface area contributed by atoms with Gasteiger partial charge in [-0.05, 0) is 31.9 Å². The van der Waals surface area contributed by atoms with E-state index in [2.05, 4.69) is 19.9 Å². The van der Waals surface area contributed by atoms with Crippen LogP contribution in [-0.2, 0) is 0 Å². The summed E-state index contributed by atoms with van der Waals surface area (Å²) in [6, 6.07) is 3.57. The van der Waals surface area contributed by atoms with Crippen molar-refractivity contribution < 1.29 is 4.79 Å². The Balaban J connectivity index is 1.55. The minimum absolute atomic E-state index is 0.0147. The summed E-state index contributed by atoms with van der Waals surface area (Å²) in [7, 11) is 0. The fraction of sp³-hybridized carbons (Fsp3) is 0.316. The van der Waals surface area contributed by atoms with E-state index in [-0.39, 0.29) is 22.4 Å². The molecule has 0 saturated carbocycles. The number of hydrogen-bond acceptors (Lipinski definition) is 6. The Hall–Kier alpha value is -2.58. The number of amides is 1. The van der Waals surface area contributed by atoms with Gasteiger partial charge in [0.15, 0.2) is 0 Å². The minimum Gasteiger partial charge on any atom is -0.338 e. The highest BCUT2D eigenvalue weighted by Gasteiger charge is 2.29. The van der Waals surface area contributed by atoms with Crippen LogP contribution in [0.25, 0.3) is 11.4 Å². The molecule has 0 aromatic carbocycles. The largest absolute Gasteiger partial charge is 0.338 e. The number of carbonyl (C=O) groups is 1. The molecular formula is C19H18ClN5O2S. The van der Waals surface area contributed by atoms with Gasteiger partial charge in [0.1, 0.15) is 15.7 Å². The summed E-state index contributed by atoms with van der Waals surface area (Å²) in [4.78, 5) is 43.0. The molecule has 9 heteroatoms. The van der Waals surface area contributed by atoms with Crippen molar-refractivity contribution in [3.63, 3.8) is 0 Å². The van der Waals surface area contributed by atoms with Crippen LogP contribution in [0.5, 0.6) is 0 Å². The first-order chi connectivity index (χ1) is 13.5. The predicted molar refractivity (Wildman–Crippen MR) is 108 cm³/mol. The van der Waals surface area contributed by atoms with Crippen molar-refractivity contribution in [3.8, 4) is 11.4 Å². The van der Waals surface area contributed by atoms with Crippen molar-refractivity contribution in [3.05, 3.63) is 61.7 Å². The zero-order chi connectivity index (χ0) is 19.7. The Morgan fingerprint density at radius 2 is 2.00 bits per heavy atom. The van der Waals surface area contributed by atoms with E-state index in [0.717, 1.165) is 11.3 Å². The number of nitrogens with one attached hydrogen (secondary N) is 1. The summed E-state index contributed by atoms with van der Waals surface area (Å²) in [6.07, 6.45) is 4.70. The number of H-pyrrole nitrogens is 1. The average Bonchev–Trinajstić information content (AvgIpc) is 3.16. The normalized spacial score (nSPS) is 15.0. The van der Waals surface area contributed by atoms with Crippen LogP contribution in [-0.4, -0.2) is 43.8 Å². The number of pyridine rings is 1. The molecule has 1 aliphatic heterocycles. The highest BCUT2D eigenvalue weighted by atomic mass is 35.5. The quantitative estimate of drug-likeness (QED) is 0.708. The molecule has 7 nitrogen and oxygen atoms in total. The Bertz CT molecular complexity index is 1060. The monoisotopic (exact) mass is 415 g/mol. The van der Waals surface area contributed by atoms with Crippen LogP contribution in [0.3, 0.4) is 0 Å². The molecule has 0 bridgehead atoms. The van der Waals surface area contributed by atoms with E-state index in [1.54, 1.807) is 30.0 Å². The molecule has 4 rings (SSSR count). The SMILES string of the molecule is Cc1ncsc1C(=O)N1CCC(c2nc(-c3ccncc3)[nH]c(=O)c2Cl)CC1. The number of halogens is 1. The third kappa shape index (κ3) is 3.57. The van der Waals surface area contributed by atoms with E-state index in [1.807, 2.05) is 11.8 Å². The van der Waals surface area contributed by atoms with Gasteiger partial charge in [0.2, 0.25) is 0 Å². The summed E-state index contributed by atoms with van der Waals surface area (Å²) in [6.45, 7) is 3.03. The second kappa shape index (κ2) is 7.81. The van der Waals surface area contributed by atoms with Crippen molar-refractivity contribution in [2.45, 2.75) is 25.7 Å². The Morgan fingerprint density at radius 1 is 1.29 bits per heavy atom. The number of thiazole rings is 1. The van der Waals surface area contributed by atoms with Crippen molar-refractivity contribution in [1.82, 2.24) is 24.8 Å². The molecule has 1 saturated heterocycles. The number of carbonyl (C=O) groups excluding carboxylic acids is 1. The molecule has 1 aliphatic rings. The maximum Gasteiger partial charge on any atom is 0.270 e. The van der Waals surface area contributed by atoms with Crippen LogP contribution in [0.1, 0.15) is 39.8 Å². The molecule has 1 amide bonds. The van der Waals surface area contributed by atoms with Crippen LogP contribution in [0.2, 0.25) is 5.02 Å². The first-order valence-electron chi connectivity index (χ1n) is 8.94. The number of aromatic nitrogens is 4. The van der Waals surface area contributed by atoms with Crippen LogP contribution < -0.4 is 5.56 Å².